The molecule has 0 saturated carbocycles. The van der Waals surface area contributed by atoms with Crippen molar-refractivity contribution < 1.29 is 14.6 Å². The van der Waals surface area contributed by atoms with E-state index < -0.39 is 0 Å². The quantitative estimate of drug-likeness (QED) is 0.725. The summed E-state index contributed by atoms with van der Waals surface area (Å²) in [5.41, 5.74) is 0.804. The highest BCUT2D eigenvalue weighted by atomic mass is 16.5. The van der Waals surface area contributed by atoms with Gasteiger partial charge in [-0.2, -0.15) is 0 Å². The number of aliphatic hydroxyl groups excluding tert-OH is 1. The monoisotopic (exact) mass is 208 g/mol. The van der Waals surface area contributed by atoms with Gasteiger partial charge in [-0.25, -0.2) is 0 Å². The van der Waals surface area contributed by atoms with E-state index in [9.17, 15) is 9.90 Å². The molecule has 0 saturated heterocycles. The number of aliphatic hydroxyl groups is 1. The van der Waals surface area contributed by atoms with Crippen molar-refractivity contribution in [2.45, 2.75) is 19.8 Å². The molecule has 1 N–H and O–H groups in total. The van der Waals surface area contributed by atoms with Gasteiger partial charge in [0, 0.05) is 6.42 Å². The fourth-order valence-corrected chi connectivity index (χ4v) is 1.44. The van der Waals surface area contributed by atoms with E-state index >= 15 is 0 Å². The van der Waals surface area contributed by atoms with E-state index in [1.807, 2.05) is 25.2 Å². The molecule has 0 aromatic rings. The number of ether oxygens (including phenoxy) is 1. The summed E-state index contributed by atoms with van der Waals surface area (Å²) in [6.45, 7) is 2.03. The number of hydrogen-bond acceptors (Lipinski definition) is 3. The summed E-state index contributed by atoms with van der Waals surface area (Å²) < 4.78 is 4.55. The first-order valence-corrected chi connectivity index (χ1v) is 4.99. The predicted molar refractivity (Wildman–Crippen MR) is 58.3 cm³/mol. The average Bonchev–Trinajstić information content (AvgIpc) is 2.37. The van der Waals surface area contributed by atoms with Gasteiger partial charge >= 0.3 is 5.97 Å². The molecule has 1 atom stereocenters. The lowest BCUT2D eigenvalue weighted by atomic mass is 10.0. The van der Waals surface area contributed by atoms with E-state index in [2.05, 4.69) is 4.74 Å². The van der Waals surface area contributed by atoms with Crippen LogP contribution in [0.5, 0.6) is 0 Å². The minimum atomic E-state index is -0.256. The lowest BCUT2D eigenvalue weighted by Crippen LogP contribution is -2.02. The Morgan fingerprint density at radius 1 is 1.60 bits per heavy atom. The van der Waals surface area contributed by atoms with E-state index in [1.54, 1.807) is 6.08 Å². The van der Waals surface area contributed by atoms with E-state index in [0.717, 1.165) is 5.57 Å². The Morgan fingerprint density at radius 3 is 3.00 bits per heavy atom. The second-order valence-corrected chi connectivity index (χ2v) is 3.56. The Balaban J connectivity index is 2.63. The molecule has 0 fully saturated rings. The van der Waals surface area contributed by atoms with Crippen LogP contribution in [0.25, 0.3) is 0 Å². The molecule has 15 heavy (non-hydrogen) atoms. The Hall–Kier alpha value is -1.51. The third-order valence-electron chi connectivity index (χ3n) is 2.29. The highest BCUT2D eigenvalue weighted by Crippen LogP contribution is 2.20. The molecule has 0 spiro atoms. The van der Waals surface area contributed by atoms with Crippen molar-refractivity contribution in [3.63, 3.8) is 0 Å². The van der Waals surface area contributed by atoms with Crippen molar-refractivity contribution >= 4 is 5.97 Å². The van der Waals surface area contributed by atoms with Gasteiger partial charge in [-0.05, 0) is 24.0 Å². The molecule has 0 radical (unpaired) electrons. The van der Waals surface area contributed by atoms with E-state index in [1.165, 1.54) is 7.11 Å². The first kappa shape index (κ1) is 11.6. The third kappa shape index (κ3) is 3.62. The zero-order valence-corrected chi connectivity index (χ0v) is 9.06. The minimum absolute atomic E-state index is 0.236. The average molecular weight is 208 g/mol. The fourth-order valence-electron chi connectivity index (χ4n) is 1.44. The molecule has 0 aliphatic heterocycles. The Morgan fingerprint density at radius 2 is 2.33 bits per heavy atom. The van der Waals surface area contributed by atoms with Gasteiger partial charge in [0.05, 0.1) is 7.11 Å². The Labute approximate surface area is 89.7 Å². The molecular weight excluding hydrogens is 192 g/mol. The number of esters is 1. The van der Waals surface area contributed by atoms with Gasteiger partial charge in [-0.3, -0.25) is 4.79 Å². The van der Waals surface area contributed by atoms with Crippen molar-refractivity contribution in [1.29, 1.82) is 0 Å². The highest BCUT2D eigenvalue weighted by Gasteiger charge is 2.10. The van der Waals surface area contributed by atoms with E-state index in [0.29, 0.717) is 12.8 Å². The molecule has 0 aromatic heterocycles. The van der Waals surface area contributed by atoms with Gasteiger partial charge in [-0.1, -0.05) is 25.2 Å². The molecule has 82 valence electrons. The normalized spacial score (nSPS) is 20.3. The summed E-state index contributed by atoms with van der Waals surface area (Å²) in [7, 11) is 1.36. The van der Waals surface area contributed by atoms with Crippen molar-refractivity contribution in [2.24, 2.45) is 5.92 Å². The van der Waals surface area contributed by atoms with Crippen LogP contribution >= 0.6 is 0 Å². The van der Waals surface area contributed by atoms with Gasteiger partial charge in [0.15, 0.2) is 0 Å². The van der Waals surface area contributed by atoms with E-state index in [4.69, 9.17) is 0 Å². The van der Waals surface area contributed by atoms with Gasteiger partial charge in [0.2, 0.25) is 0 Å². The number of rotatable bonds is 3. The summed E-state index contributed by atoms with van der Waals surface area (Å²) >= 11 is 0. The third-order valence-corrected chi connectivity index (χ3v) is 2.29. The maximum atomic E-state index is 11.0. The maximum Gasteiger partial charge on any atom is 0.305 e. The summed E-state index contributed by atoms with van der Waals surface area (Å²) in [5.74, 6) is 0.256. The maximum absolute atomic E-state index is 11.0. The number of hydrogen-bond donors (Lipinski definition) is 1. The smallest absolute Gasteiger partial charge is 0.305 e. The first-order chi connectivity index (χ1) is 7.13. The van der Waals surface area contributed by atoms with E-state index in [-0.39, 0.29) is 17.6 Å². The zero-order valence-electron chi connectivity index (χ0n) is 9.06. The van der Waals surface area contributed by atoms with Crippen LogP contribution in [0.15, 0.2) is 35.6 Å². The summed E-state index contributed by atoms with van der Waals surface area (Å²) in [5, 5.41) is 9.64. The van der Waals surface area contributed by atoms with Gasteiger partial charge in [-0.15, -0.1) is 0 Å². The molecule has 0 heterocycles. The van der Waals surface area contributed by atoms with Crippen LogP contribution in [-0.2, 0) is 9.53 Å². The summed E-state index contributed by atoms with van der Waals surface area (Å²) in [6.07, 6.45) is 8.22. The highest BCUT2D eigenvalue weighted by molar-refractivity contribution is 5.69. The Bertz CT molecular complexity index is 324. The lowest BCUT2D eigenvalue weighted by Gasteiger charge is -2.06. The largest absolute Gasteiger partial charge is 0.508 e. The number of methoxy groups -OCH3 is 1. The lowest BCUT2D eigenvalue weighted by molar-refractivity contribution is -0.140. The minimum Gasteiger partial charge on any atom is -0.508 e. The molecule has 0 bridgehead atoms. The SMILES string of the molecule is COC(=O)CCC1=CC(C)C=CC=C1O. The molecule has 1 rings (SSSR count). The predicted octanol–water partition coefficient (Wildman–Crippen LogP) is 2.51. The molecule has 1 unspecified atom stereocenters. The second kappa shape index (κ2) is 5.39. The zero-order chi connectivity index (χ0) is 11.3. The molecule has 3 nitrogen and oxygen atoms in total. The first-order valence-electron chi connectivity index (χ1n) is 4.99. The van der Waals surface area contributed by atoms with Crippen LogP contribution in [0.1, 0.15) is 19.8 Å². The van der Waals surface area contributed by atoms with Crippen molar-refractivity contribution in [3.8, 4) is 0 Å². The fraction of sp³-hybridized carbons (Fsp3) is 0.417. The molecule has 1 aliphatic rings. The van der Waals surface area contributed by atoms with Gasteiger partial charge in [0.25, 0.3) is 0 Å². The number of allylic oxidation sites excluding steroid dienone is 5. The van der Waals surface area contributed by atoms with Crippen LogP contribution in [0, 0.1) is 5.92 Å². The van der Waals surface area contributed by atoms with Crippen molar-refractivity contribution in [3.05, 3.63) is 35.6 Å². The van der Waals surface area contributed by atoms with Crippen LogP contribution in [0.2, 0.25) is 0 Å². The summed E-state index contributed by atoms with van der Waals surface area (Å²) in [4.78, 5) is 11.0. The van der Waals surface area contributed by atoms with Crippen molar-refractivity contribution in [2.75, 3.05) is 7.11 Å². The van der Waals surface area contributed by atoms with Gasteiger partial charge < -0.3 is 9.84 Å². The standard InChI is InChI=1S/C12H16O3/c1-9-4-3-5-11(13)10(8-9)6-7-12(14)15-2/h3-5,8-9,13H,6-7H2,1-2H3. The van der Waals surface area contributed by atoms with Crippen LogP contribution in [0.3, 0.4) is 0 Å². The Kier molecular flexibility index (Phi) is 4.16. The van der Waals surface area contributed by atoms with Crippen LogP contribution < -0.4 is 0 Å². The molecule has 3 heteroatoms. The van der Waals surface area contributed by atoms with Crippen LogP contribution in [0.4, 0.5) is 0 Å². The van der Waals surface area contributed by atoms with Crippen LogP contribution in [-0.4, -0.2) is 18.2 Å². The molecule has 1 aliphatic carbocycles. The molecule has 0 amide bonds. The second-order valence-electron chi connectivity index (χ2n) is 3.56. The van der Waals surface area contributed by atoms with Gasteiger partial charge in [0.1, 0.15) is 5.76 Å². The number of carbonyl (C=O) groups is 1. The van der Waals surface area contributed by atoms with Crippen molar-refractivity contribution in [1.82, 2.24) is 0 Å². The number of carbonyl (C=O) groups excluding carboxylic acids is 1. The molecule has 0 aromatic carbocycles. The summed E-state index contributed by atoms with van der Waals surface area (Å²) in [6, 6.07) is 0. The molecular formula is C12H16O3. The topological polar surface area (TPSA) is 46.5 Å².